The van der Waals surface area contributed by atoms with Crippen LogP contribution in [0.1, 0.15) is 105 Å². The predicted octanol–water partition coefficient (Wildman–Crippen LogP) is -1.31. The Labute approximate surface area is 421 Å². The van der Waals surface area contributed by atoms with Gasteiger partial charge in [0.15, 0.2) is 25.2 Å². The summed E-state index contributed by atoms with van der Waals surface area (Å²) in [6.07, 6.45) is -19.3. The van der Waals surface area contributed by atoms with Gasteiger partial charge in [0.05, 0.1) is 32.5 Å². The Morgan fingerprint density at radius 1 is 0.556 bits per heavy atom. The number of ether oxygens (including phenoxy) is 8. The van der Waals surface area contributed by atoms with Crippen LogP contribution in [0.3, 0.4) is 0 Å². The van der Waals surface area contributed by atoms with Gasteiger partial charge in [-0.05, 0) is 97.7 Å². The zero-order chi connectivity index (χ0) is 52.1. The molecule has 0 aromatic carbocycles. The monoisotopic (exact) mass is 1030 g/mol. The lowest BCUT2D eigenvalue weighted by Gasteiger charge is -2.58. The van der Waals surface area contributed by atoms with E-state index < -0.39 is 149 Å². The van der Waals surface area contributed by atoms with Crippen LogP contribution in [0.15, 0.2) is 11.6 Å². The van der Waals surface area contributed by atoms with Crippen molar-refractivity contribution in [2.24, 2.45) is 46.3 Å². The maximum atomic E-state index is 11.5. The zero-order valence-corrected chi connectivity index (χ0v) is 42.4. The van der Waals surface area contributed by atoms with Crippen LogP contribution in [0.25, 0.3) is 0 Å². The number of rotatable bonds is 17. The molecule has 4 heterocycles. The first-order valence-corrected chi connectivity index (χ1v) is 26.7. The van der Waals surface area contributed by atoms with Gasteiger partial charge in [-0.25, -0.2) is 0 Å². The molecule has 0 radical (unpaired) electrons. The summed E-state index contributed by atoms with van der Waals surface area (Å²) in [7, 11) is 0. The summed E-state index contributed by atoms with van der Waals surface area (Å²) in [6.45, 7) is 9.12. The highest BCUT2D eigenvalue weighted by Crippen LogP contribution is 2.67. The summed E-state index contributed by atoms with van der Waals surface area (Å²) >= 11 is 0. The second-order valence-corrected chi connectivity index (χ2v) is 23.5. The van der Waals surface area contributed by atoms with Crippen molar-refractivity contribution in [1.82, 2.24) is 0 Å². The molecule has 7 fully saturated rings. The number of hydrogen-bond acceptors (Lipinski definition) is 21. The van der Waals surface area contributed by atoms with E-state index in [1.54, 1.807) is 0 Å². The van der Waals surface area contributed by atoms with Crippen molar-refractivity contribution in [3.63, 3.8) is 0 Å². The molecule has 0 aromatic heterocycles. The minimum atomic E-state index is -1.93. The Balaban J connectivity index is 0.848. The van der Waals surface area contributed by atoms with Crippen LogP contribution in [-0.2, 0) is 37.9 Å². The molecular weight excluding hydrogens is 949 g/mol. The second kappa shape index (κ2) is 23.5. The maximum Gasteiger partial charge on any atom is 0.187 e. The number of hydrogen-bond donors (Lipinski definition) is 13. The first kappa shape index (κ1) is 57.1. The minimum Gasteiger partial charge on any atom is -0.394 e. The molecule has 4 aliphatic carbocycles. The summed E-state index contributed by atoms with van der Waals surface area (Å²) < 4.78 is 46.4. The van der Waals surface area contributed by atoms with Crippen molar-refractivity contribution < 1.29 is 104 Å². The van der Waals surface area contributed by atoms with Crippen LogP contribution >= 0.6 is 0 Å². The van der Waals surface area contributed by atoms with Gasteiger partial charge < -0.3 is 104 Å². The van der Waals surface area contributed by atoms with E-state index in [2.05, 4.69) is 40.7 Å². The standard InChI is InChI=1S/C51H86O21/c1-22(2)7-6-8-23(3)27-11-12-28-26-10-9-24-17-25(13-15-50(24,4)29(26)14-16-51(27,28)5)66-47-43(64)39(60)45(32(20-54)69-47)72-49-41(62)37(58)35(56)33(70-49)21-65-46-42(63)38(59)44(31(19-53)68-46)71-48-40(61)36(57)34(55)30(18-52)67-48/h9,22-23,25-49,52-64H,6-8,10-21H2,1-5H3/t23-,25+,26+,27-,28+,29+,30-,31-,32-,33-,34-,35-,36+,37+,38-,39-,40-,41-,42-,43-,44-,45-,46-,47-,48-,49-,50+,51-/m1/s1. The fraction of sp³-hybridized carbons (Fsp3) is 0.961. The fourth-order valence-electron chi connectivity index (χ4n) is 14.5. The van der Waals surface area contributed by atoms with Crippen molar-refractivity contribution in [2.75, 3.05) is 26.4 Å². The van der Waals surface area contributed by atoms with E-state index in [-0.39, 0.29) is 11.5 Å². The highest BCUT2D eigenvalue weighted by Gasteiger charge is 2.60. The molecule has 4 saturated heterocycles. The average Bonchev–Trinajstić information content (AvgIpc) is 3.72. The van der Waals surface area contributed by atoms with Crippen LogP contribution in [0.5, 0.6) is 0 Å². The SMILES string of the molecule is CC(C)CCC[C@@H](C)[C@H]1CC[C@H]2[C@@H]3CC=C4C[C@@H](O[C@@H]5O[C@H](CO)[C@@H](O[C@H]6O[C@H](CO[C@@H]7O[C@H](CO)[C@@H](O[C@H]8O[C@H](CO)[C@@H](O)[C@H](O)[C@H]8O)[C@H](O)[C@H]7O)[C@@H](O)[C@H](O)[C@H]6O)[C@H](O)[C@H]5O)CC[C@]4(C)[C@H]3CC[C@]12C. The molecule has 8 aliphatic rings. The lowest BCUT2D eigenvalue weighted by molar-refractivity contribution is -0.374. The highest BCUT2D eigenvalue weighted by atomic mass is 16.8. The van der Waals surface area contributed by atoms with Gasteiger partial charge in [-0.2, -0.15) is 0 Å². The molecule has 0 bridgehead atoms. The van der Waals surface area contributed by atoms with Gasteiger partial charge in [0, 0.05) is 0 Å². The number of aliphatic hydroxyl groups is 13. The largest absolute Gasteiger partial charge is 0.394 e. The Morgan fingerprint density at radius 3 is 1.68 bits per heavy atom. The summed E-state index contributed by atoms with van der Waals surface area (Å²) in [5.41, 5.74) is 1.78. The van der Waals surface area contributed by atoms with Gasteiger partial charge in [-0.1, -0.05) is 65.5 Å². The quantitative estimate of drug-likeness (QED) is 0.0752. The first-order valence-electron chi connectivity index (χ1n) is 26.7. The van der Waals surface area contributed by atoms with E-state index in [1.807, 2.05) is 0 Å². The molecule has 3 saturated carbocycles. The average molecular weight is 1040 g/mol. The van der Waals surface area contributed by atoms with Crippen LogP contribution in [-0.4, -0.2) is 222 Å². The Hall–Kier alpha value is -1.10. The Bertz CT molecular complexity index is 1770. The van der Waals surface area contributed by atoms with Gasteiger partial charge in [0.25, 0.3) is 0 Å². The van der Waals surface area contributed by atoms with E-state index >= 15 is 0 Å². The van der Waals surface area contributed by atoms with Gasteiger partial charge in [-0.3, -0.25) is 0 Å². The molecule has 416 valence electrons. The summed E-state index contributed by atoms with van der Waals surface area (Å²) in [5.74, 6) is 4.22. The van der Waals surface area contributed by atoms with E-state index in [1.165, 1.54) is 50.5 Å². The van der Waals surface area contributed by atoms with Crippen LogP contribution in [0, 0.1) is 46.3 Å². The highest BCUT2D eigenvalue weighted by molar-refractivity contribution is 5.25. The second-order valence-electron chi connectivity index (χ2n) is 23.5. The van der Waals surface area contributed by atoms with Gasteiger partial charge in [0.2, 0.25) is 0 Å². The molecule has 72 heavy (non-hydrogen) atoms. The van der Waals surface area contributed by atoms with E-state index in [9.17, 15) is 66.4 Å². The van der Waals surface area contributed by atoms with Crippen molar-refractivity contribution >= 4 is 0 Å². The maximum absolute atomic E-state index is 11.5. The fourth-order valence-corrected chi connectivity index (χ4v) is 14.5. The molecule has 0 aromatic rings. The third-order valence-electron chi connectivity index (χ3n) is 18.8. The molecule has 21 heteroatoms. The molecule has 0 spiro atoms. The van der Waals surface area contributed by atoms with E-state index in [0.717, 1.165) is 36.5 Å². The van der Waals surface area contributed by atoms with Crippen molar-refractivity contribution in [2.45, 2.75) is 234 Å². The predicted molar refractivity (Wildman–Crippen MR) is 250 cm³/mol. The van der Waals surface area contributed by atoms with E-state index in [4.69, 9.17) is 37.9 Å². The summed E-state index contributed by atoms with van der Waals surface area (Å²) in [6, 6.07) is 0. The minimum absolute atomic E-state index is 0.0373. The lowest BCUT2D eigenvalue weighted by Crippen LogP contribution is -2.66. The Kier molecular flexibility index (Phi) is 18.6. The van der Waals surface area contributed by atoms with Gasteiger partial charge >= 0.3 is 0 Å². The van der Waals surface area contributed by atoms with Crippen molar-refractivity contribution in [1.29, 1.82) is 0 Å². The number of fused-ring (bicyclic) bond motifs is 5. The summed E-state index contributed by atoms with van der Waals surface area (Å²) in [5, 5.41) is 139. The number of allylic oxidation sites excluding steroid dienone is 1. The molecule has 28 atom stereocenters. The van der Waals surface area contributed by atoms with Gasteiger partial charge in [-0.15, -0.1) is 0 Å². The van der Waals surface area contributed by atoms with Crippen LogP contribution in [0.4, 0.5) is 0 Å². The van der Waals surface area contributed by atoms with Crippen molar-refractivity contribution in [3.05, 3.63) is 11.6 Å². The molecule has 0 unspecified atom stereocenters. The topological polar surface area (TPSA) is 337 Å². The van der Waals surface area contributed by atoms with Gasteiger partial charge in [0.1, 0.15) is 97.7 Å². The molecule has 21 nitrogen and oxygen atoms in total. The molecular formula is C51H86O21. The smallest absolute Gasteiger partial charge is 0.187 e. The van der Waals surface area contributed by atoms with E-state index in [0.29, 0.717) is 30.1 Å². The third-order valence-corrected chi connectivity index (χ3v) is 18.8. The normalized spacial score (nSPS) is 51.3. The molecule has 0 amide bonds. The van der Waals surface area contributed by atoms with Crippen LogP contribution < -0.4 is 0 Å². The molecule has 4 aliphatic heterocycles. The third kappa shape index (κ3) is 11.0. The van der Waals surface area contributed by atoms with Crippen molar-refractivity contribution in [3.8, 4) is 0 Å². The molecule has 8 rings (SSSR count). The summed E-state index contributed by atoms with van der Waals surface area (Å²) in [4.78, 5) is 0. The Morgan fingerprint density at radius 2 is 1.08 bits per heavy atom. The lowest BCUT2D eigenvalue weighted by atomic mass is 9.47. The molecule has 13 N–H and O–H groups in total. The zero-order valence-electron chi connectivity index (χ0n) is 42.4. The number of aliphatic hydroxyl groups excluding tert-OH is 13. The first-order chi connectivity index (χ1) is 34.2. The van der Waals surface area contributed by atoms with Crippen LogP contribution in [0.2, 0.25) is 0 Å².